The predicted molar refractivity (Wildman–Crippen MR) is 101 cm³/mol. The minimum atomic E-state index is -0.906. The first-order valence-electron chi connectivity index (χ1n) is 7.64. The fourth-order valence-corrected chi connectivity index (χ4v) is 2.16. The zero-order valence-electron chi connectivity index (χ0n) is 13.4. The zero-order valence-corrected chi connectivity index (χ0v) is 14.2. The molecule has 0 fully saturated rings. The van der Waals surface area contributed by atoms with E-state index in [1.807, 2.05) is 30.3 Å². The van der Waals surface area contributed by atoms with Crippen LogP contribution in [0.3, 0.4) is 0 Å². The Balaban J connectivity index is 1.91. The number of aliphatic hydroxyl groups excluding tert-OH is 2. The molecule has 0 aliphatic rings. The highest BCUT2D eigenvalue weighted by Gasteiger charge is 2.12. The van der Waals surface area contributed by atoms with Crippen LogP contribution in [0.15, 0.2) is 54.6 Å². The molecule has 0 radical (unpaired) electrons. The Labute approximate surface area is 151 Å². The van der Waals surface area contributed by atoms with E-state index >= 15 is 0 Å². The summed E-state index contributed by atoms with van der Waals surface area (Å²) in [5.74, 6) is -0.390. The number of benzene rings is 2. The van der Waals surface area contributed by atoms with Crippen molar-refractivity contribution in [3.63, 3.8) is 0 Å². The van der Waals surface area contributed by atoms with E-state index < -0.39 is 12.0 Å². The van der Waals surface area contributed by atoms with Crippen molar-refractivity contribution in [1.29, 1.82) is 0 Å². The Hall–Kier alpha value is -2.68. The number of carbonyl (C=O) groups excluding carboxylic acids is 1. The maximum atomic E-state index is 12.3. The second-order valence-electron chi connectivity index (χ2n) is 5.16. The van der Waals surface area contributed by atoms with Gasteiger partial charge in [0.15, 0.2) is 5.11 Å². The van der Waals surface area contributed by atoms with Gasteiger partial charge in [-0.2, -0.15) is 0 Å². The summed E-state index contributed by atoms with van der Waals surface area (Å²) < 4.78 is 0. The Bertz CT molecular complexity index is 712. The van der Waals surface area contributed by atoms with E-state index in [9.17, 15) is 9.90 Å². The monoisotopic (exact) mass is 360 g/mol. The molecule has 2 aromatic rings. The number of anilines is 2. The third-order valence-corrected chi connectivity index (χ3v) is 3.44. The van der Waals surface area contributed by atoms with Gasteiger partial charge in [-0.05, 0) is 36.5 Å². The van der Waals surface area contributed by atoms with Crippen LogP contribution >= 0.6 is 12.2 Å². The van der Waals surface area contributed by atoms with Crippen molar-refractivity contribution in [2.75, 3.05) is 23.8 Å². The zero-order chi connectivity index (χ0) is 18.1. The first-order chi connectivity index (χ1) is 12.1. The maximum Gasteiger partial charge on any atom is 0.271 e. The molecule has 7 nitrogen and oxygen atoms in total. The summed E-state index contributed by atoms with van der Waals surface area (Å²) in [5, 5.41) is 24.4. The fourth-order valence-electron chi connectivity index (χ4n) is 1.99. The van der Waals surface area contributed by atoms with Crippen LogP contribution in [0.4, 0.5) is 11.4 Å². The summed E-state index contributed by atoms with van der Waals surface area (Å²) in [5.41, 5.74) is 6.87. The van der Waals surface area contributed by atoms with Gasteiger partial charge in [-0.25, -0.2) is 0 Å². The van der Waals surface area contributed by atoms with Crippen molar-refractivity contribution in [3.05, 3.63) is 60.2 Å². The van der Waals surface area contributed by atoms with E-state index in [4.69, 9.17) is 17.3 Å². The van der Waals surface area contributed by atoms with Crippen LogP contribution in [0, 0.1) is 0 Å². The standard InChI is InChI=1S/C17H20N4O3S/c22-11-13(23)10-18-15-9-5-4-8-14(15)16(24)20-21-17(25)19-12-6-2-1-3-7-12/h1-9,13,18,22-23H,10-11H2,(H,20,24)(H2,19,21,25). The lowest BCUT2D eigenvalue weighted by molar-refractivity contribution is 0.0944. The molecule has 6 N–H and O–H groups in total. The van der Waals surface area contributed by atoms with Crippen LogP contribution in [-0.4, -0.2) is 40.5 Å². The number of hydrogen-bond acceptors (Lipinski definition) is 5. The van der Waals surface area contributed by atoms with E-state index in [-0.39, 0.29) is 18.3 Å². The molecule has 0 bridgehead atoms. The second kappa shape index (κ2) is 9.58. The largest absolute Gasteiger partial charge is 0.394 e. The van der Waals surface area contributed by atoms with Crippen molar-refractivity contribution in [2.24, 2.45) is 0 Å². The molecular formula is C17H20N4O3S. The summed E-state index contributed by atoms with van der Waals surface area (Å²) in [4.78, 5) is 12.3. The quantitative estimate of drug-likeness (QED) is 0.338. The smallest absolute Gasteiger partial charge is 0.271 e. The van der Waals surface area contributed by atoms with E-state index in [0.717, 1.165) is 5.69 Å². The van der Waals surface area contributed by atoms with Gasteiger partial charge >= 0.3 is 0 Å². The molecule has 25 heavy (non-hydrogen) atoms. The number of nitrogens with one attached hydrogen (secondary N) is 4. The van der Waals surface area contributed by atoms with Crippen LogP contribution in [0.5, 0.6) is 0 Å². The number of rotatable bonds is 6. The number of thiocarbonyl (C=S) groups is 1. The summed E-state index contributed by atoms with van der Waals surface area (Å²) in [6.07, 6.45) is -0.906. The lowest BCUT2D eigenvalue weighted by Crippen LogP contribution is -2.44. The molecule has 1 amide bonds. The van der Waals surface area contributed by atoms with Crippen LogP contribution in [0.2, 0.25) is 0 Å². The summed E-state index contributed by atoms with van der Waals surface area (Å²) >= 11 is 5.12. The third-order valence-electron chi connectivity index (χ3n) is 3.23. The predicted octanol–water partition coefficient (Wildman–Crippen LogP) is 1.08. The van der Waals surface area contributed by atoms with Crippen LogP contribution in [0.1, 0.15) is 10.4 Å². The van der Waals surface area contributed by atoms with Crippen LogP contribution in [0.25, 0.3) is 0 Å². The minimum absolute atomic E-state index is 0.127. The van der Waals surface area contributed by atoms with Crippen LogP contribution in [-0.2, 0) is 0 Å². The molecule has 0 saturated heterocycles. The molecule has 8 heteroatoms. The van der Waals surface area contributed by atoms with Crippen molar-refractivity contribution in [3.8, 4) is 0 Å². The van der Waals surface area contributed by atoms with Gasteiger partial charge in [0.1, 0.15) is 0 Å². The van der Waals surface area contributed by atoms with E-state index in [1.165, 1.54) is 0 Å². The van der Waals surface area contributed by atoms with Crippen LogP contribution < -0.4 is 21.5 Å². The van der Waals surface area contributed by atoms with Gasteiger partial charge in [0, 0.05) is 17.9 Å². The first kappa shape index (κ1) is 18.7. The van der Waals surface area contributed by atoms with Crippen molar-refractivity contribution < 1.29 is 15.0 Å². The highest BCUT2D eigenvalue weighted by molar-refractivity contribution is 7.80. The second-order valence-corrected chi connectivity index (χ2v) is 5.57. The average molecular weight is 360 g/mol. The highest BCUT2D eigenvalue weighted by atomic mass is 32.1. The van der Waals surface area contributed by atoms with Crippen molar-refractivity contribution in [1.82, 2.24) is 10.9 Å². The average Bonchev–Trinajstić information content (AvgIpc) is 2.65. The van der Waals surface area contributed by atoms with E-state index in [2.05, 4.69) is 21.5 Å². The maximum absolute atomic E-state index is 12.3. The van der Waals surface area contributed by atoms with Gasteiger partial charge in [0.25, 0.3) is 5.91 Å². The minimum Gasteiger partial charge on any atom is -0.394 e. The number of aliphatic hydroxyl groups is 2. The van der Waals surface area contributed by atoms with E-state index in [0.29, 0.717) is 11.3 Å². The van der Waals surface area contributed by atoms with Crippen molar-refractivity contribution >= 4 is 34.6 Å². The lowest BCUT2D eigenvalue weighted by atomic mass is 10.1. The molecule has 1 atom stereocenters. The molecule has 0 heterocycles. The highest BCUT2D eigenvalue weighted by Crippen LogP contribution is 2.14. The molecule has 0 aromatic heterocycles. The number of para-hydroxylation sites is 2. The number of amides is 1. The summed E-state index contributed by atoms with van der Waals surface area (Å²) in [6.45, 7) is -0.232. The normalized spacial score (nSPS) is 11.3. The number of hydrazine groups is 1. The molecular weight excluding hydrogens is 340 g/mol. The van der Waals surface area contributed by atoms with Gasteiger partial charge < -0.3 is 20.8 Å². The Morgan fingerprint density at radius 2 is 1.72 bits per heavy atom. The summed E-state index contributed by atoms with van der Waals surface area (Å²) in [6, 6.07) is 16.2. The number of hydrogen-bond donors (Lipinski definition) is 6. The van der Waals surface area contributed by atoms with E-state index in [1.54, 1.807) is 24.3 Å². The van der Waals surface area contributed by atoms with Gasteiger partial charge in [-0.3, -0.25) is 15.6 Å². The van der Waals surface area contributed by atoms with Gasteiger partial charge in [0.2, 0.25) is 0 Å². The molecule has 0 saturated carbocycles. The Morgan fingerprint density at radius 1 is 1.04 bits per heavy atom. The lowest BCUT2D eigenvalue weighted by Gasteiger charge is -2.15. The molecule has 2 aromatic carbocycles. The molecule has 1 unspecified atom stereocenters. The molecule has 2 rings (SSSR count). The van der Waals surface area contributed by atoms with Gasteiger partial charge in [-0.15, -0.1) is 0 Å². The fraction of sp³-hybridized carbons (Fsp3) is 0.176. The third kappa shape index (κ3) is 6.03. The Morgan fingerprint density at radius 3 is 2.44 bits per heavy atom. The topological polar surface area (TPSA) is 106 Å². The molecule has 0 spiro atoms. The van der Waals surface area contributed by atoms with Crippen molar-refractivity contribution in [2.45, 2.75) is 6.10 Å². The van der Waals surface area contributed by atoms with Gasteiger partial charge in [-0.1, -0.05) is 30.3 Å². The SMILES string of the molecule is O=C(NNC(=S)Nc1ccccc1)c1ccccc1NCC(O)CO. The Kier molecular flexibility index (Phi) is 7.15. The molecule has 132 valence electrons. The van der Waals surface area contributed by atoms with Gasteiger partial charge in [0.05, 0.1) is 18.3 Å². The summed E-state index contributed by atoms with van der Waals surface area (Å²) in [7, 11) is 0. The number of carbonyl (C=O) groups is 1. The molecule has 0 aliphatic carbocycles. The molecule has 0 aliphatic heterocycles. The first-order valence-corrected chi connectivity index (χ1v) is 8.05.